The van der Waals surface area contributed by atoms with Crippen LogP contribution >= 0.6 is 38.5 Å². The number of halogens is 2. The Balaban J connectivity index is 2.31. The normalized spacial score (nSPS) is 13.8. The van der Waals surface area contributed by atoms with Gasteiger partial charge in [0.1, 0.15) is 0 Å². The summed E-state index contributed by atoms with van der Waals surface area (Å²) in [6.07, 6.45) is 1.94. The van der Waals surface area contributed by atoms with Crippen LogP contribution in [0.2, 0.25) is 18.1 Å². The molecule has 0 unspecified atom stereocenters. The van der Waals surface area contributed by atoms with E-state index in [0.717, 1.165) is 21.9 Å². The van der Waals surface area contributed by atoms with Crippen LogP contribution in [-0.4, -0.2) is 23.7 Å². The van der Waals surface area contributed by atoms with Crippen molar-refractivity contribution in [3.63, 3.8) is 0 Å². The predicted octanol–water partition coefficient (Wildman–Crippen LogP) is 6.20. The molecule has 2 rings (SSSR count). The van der Waals surface area contributed by atoms with Crippen molar-refractivity contribution in [2.75, 3.05) is 0 Å². The summed E-state index contributed by atoms with van der Waals surface area (Å²) in [6, 6.07) is 4.29. The molecule has 23 heavy (non-hydrogen) atoms. The van der Waals surface area contributed by atoms with Gasteiger partial charge in [0.25, 0.3) is 0 Å². The van der Waals surface area contributed by atoms with Crippen molar-refractivity contribution in [3.05, 3.63) is 26.4 Å². The molecule has 0 bridgehead atoms. The Morgan fingerprint density at radius 1 is 1.22 bits per heavy atom. The smallest absolute Gasteiger partial charge is 0.192 e. The van der Waals surface area contributed by atoms with Gasteiger partial charge in [-0.25, -0.2) is 0 Å². The molecule has 0 amide bonds. The lowest BCUT2D eigenvalue weighted by molar-refractivity contribution is 0.0705. The maximum atomic E-state index is 6.64. The molecule has 0 aliphatic carbocycles. The number of benzene rings is 1. The summed E-state index contributed by atoms with van der Waals surface area (Å²) in [7, 11) is -1.82. The molecule has 1 heterocycles. The van der Waals surface area contributed by atoms with E-state index in [1.807, 2.05) is 6.20 Å². The highest BCUT2D eigenvalue weighted by Crippen LogP contribution is 2.39. The standard InChI is InChI=1S/C17H26BrIN2OSi/c1-16(2,3)23(6,7)22-17(4,5)11-21-15-12(10-20-21)8-13(19)9-14(15)18/h8-10H,11H2,1-7H3. The zero-order chi connectivity index (χ0) is 17.6. The molecule has 0 saturated heterocycles. The number of hydrogen-bond acceptors (Lipinski definition) is 2. The average Bonchev–Trinajstić information content (AvgIpc) is 2.68. The number of nitrogens with zero attached hydrogens (tertiary/aromatic N) is 2. The summed E-state index contributed by atoms with van der Waals surface area (Å²) in [5.74, 6) is 0. The zero-order valence-corrected chi connectivity index (χ0v) is 19.7. The van der Waals surface area contributed by atoms with Crippen LogP contribution in [0.1, 0.15) is 34.6 Å². The third-order valence-corrected chi connectivity index (χ3v) is 10.4. The fourth-order valence-corrected chi connectivity index (χ4v) is 6.01. The summed E-state index contributed by atoms with van der Waals surface area (Å²) >= 11 is 6.01. The third kappa shape index (κ3) is 4.38. The molecular formula is C17H26BrIN2OSi. The van der Waals surface area contributed by atoms with Crippen molar-refractivity contribution in [2.45, 2.75) is 64.9 Å². The Morgan fingerprint density at radius 3 is 2.39 bits per heavy atom. The zero-order valence-electron chi connectivity index (χ0n) is 15.0. The first-order valence-corrected chi connectivity index (χ1v) is 12.6. The molecule has 3 nitrogen and oxygen atoms in total. The minimum atomic E-state index is -1.82. The van der Waals surface area contributed by atoms with Gasteiger partial charge < -0.3 is 4.43 Å². The summed E-state index contributed by atoms with van der Waals surface area (Å²) in [5.41, 5.74) is 0.877. The Hall–Kier alpha value is 0.0769. The summed E-state index contributed by atoms with van der Waals surface area (Å²) in [6.45, 7) is 16.5. The van der Waals surface area contributed by atoms with E-state index in [0.29, 0.717) is 0 Å². The van der Waals surface area contributed by atoms with Crippen LogP contribution in [0.4, 0.5) is 0 Å². The van der Waals surface area contributed by atoms with E-state index in [9.17, 15) is 0 Å². The topological polar surface area (TPSA) is 27.1 Å². The van der Waals surface area contributed by atoms with E-state index < -0.39 is 8.32 Å². The van der Waals surface area contributed by atoms with Crippen LogP contribution < -0.4 is 0 Å². The van der Waals surface area contributed by atoms with E-state index in [1.165, 1.54) is 3.57 Å². The maximum absolute atomic E-state index is 6.64. The number of hydrogen-bond donors (Lipinski definition) is 0. The Morgan fingerprint density at radius 2 is 1.83 bits per heavy atom. The van der Waals surface area contributed by atoms with Crippen molar-refractivity contribution in [2.24, 2.45) is 0 Å². The van der Waals surface area contributed by atoms with Gasteiger partial charge in [-0.15, -0.1) is 0 Å². The highest BCUT2D eigenvalue weighted by Gasteiger charge is 2.41. The molecule has 128 valence electrons. The molecule has 1 aromatic heterocycles. The van der Waals surface area contributed by atoms with Crippen molar-refractivity contribution < 1.29 is 4.43 Å². The molecule has 0 aliphatic rings. The summed E-state index contributed by atoms with van der Waals surface area (Å²) in [5, 5.41) is 5.95. The van der Waals surface area contributed by atoms with Crippen LogP contribution in [0.15, 0.2) is 22.8 Å². The second-order valence-electron chi connectivity index (χ2n) is 8.25. The fraction of sp³-hybridized carbons (Fsp3) is 0.588. The quantitative estimate of drug-likeness (QED) is 0.363. The number of fused-ring (bicyclic) bond motifs is 1. The Kier molecular flexibility index (Phi) is 5.42. The number of rotatable bonds is 4. The van der Waals surface area contributed by atoms with Crippen LogP contribution in [0, 0.1) is 3.57 Å². The lowest BCUT2D eigenvalue weighted by atomic mass is 10.1. The van der Waals surface area contributed by atoms with E-state index in [4.69, 9.17) is 4.43 Å². The van der Waals surface area contributed by atoms with Crippen molar-refractivity contribution >= 4 is 57.7 Å². The monoisotopic (exact) mass is 508 g/mol. The number of aromatic nitrogens is 2. The molecule has 0 N–H and O–H groups in total. The molecule has 0 saturated carbocycles. The van der Waals surface area contributed by atoms with E-state index >= 15 is 0 Å². The lowest BCUT2D eigenvalue weighted by Crippen LogP contribution is -2.49. The van der Waals surface area contributed by atoms with Gasteiger partial charge in [0.05, 0.1) is 23.9 Å². The SMILES string of the molecule is CC(C)(Cn1ncc2cc(I)cc(Br)c21)O[Si](C)(C)C(C)(C)C. The van der Waals surface area contributed by atoms with Gasteiger partial charge in [0, 0.05) is 13.4 Å². The predicted molar refractivity (Wildman–Crippen MR) is 113 cm³/mol. The molecule has 0 radical (unpaired) electrons. The van der Waals surface area contributed by atoms with Crippen LogP contribution in [0.3, 0.4) is 0 Å². The van der Waals surface area contributed by atoms with Gasteiger partial charge in [-0.2, -0.15) is 5.10 Å². The second-order valence-corrected chi connectivity index (χ2v) is 15.1. The largest absolute Gasteiger partial charge is 0.410 e. The second kappa shape index (κ2) is 6.42. The lowest BCUT2D eigenvalue weighted by Gasteiger charge is -2.42. The van der Waals surface area contributed by atoms with Gasteiger partial charge in [-0.3, -0.25) is 4.68 Å². The molecule has 2 aromatic rings. The van der Waals surface area contributed by atoms with Gasteiger partial charge in [0.2, 0.25) is 0 Å². The molecule has 1 aromatic carbocycles. The van der Waals surface area contributed by atoms with Gasteiger partial charge in [-0.05, 0) is 82.6 Å². The first-order valence-electron chi connectivity index (χ1n) is 7.83. The molecular weight excluding hydrogens is 483 g/mol. The van der Waals surface area contributed by atoms with Crippen LogP contribution in [-0.2, 0) is 11.0 Å². The van der Waals surface area contributed by atoms with Gasteiger partial charge >= 0.3 is 0 Å². The minimum Gasteiger partial charge on any atom is -0.410 e. The summed E-state index contributed by atoms with van der Waals surface area (Å²) < 4.78 is 11.0. The van der Waals surface area contributed by atoms with E-state index in [2.05, 4.69) is 108 Å². The fourth-order valence-electron chi connectivity index (χ4n) is 2.50. The van der Waals surface area contributed by atoms with Crippen molar-refractivity contribution in [3.8, 4) is 0 Å². The molecule has 0 aliphatic heterocycles. The first kappa shape index (κ1) is 19.4. The molecule has 0 spiro atoms. The van der Waals surface area contributed by atoms with Crippen molar-refractivity contribution in [1.82, 2.24) is 9.78 Å². The molecule has 0 fully saturated rings. The third-order valence-electron chi connectivity index (χ3n) is 4.52. The summed E-state index contributed by atoms with van der Waals surface area (Å²) in [4.78, 5) is 0. The van der Waals surface area contributed by atoms with Crippen LogP contribution in [0.25, 0.3) is 10.9 Å². The molecule has 6 heteroatoms. The van der Waals surface area contributed by atoms with E-state index in [1.54, 1.807) is 0 Å². The van der Waals surface area contributed by atoms with Gasteiger partial charge in [0.15, 0.2) is 8.32 Å². The van der Waals surface area contributed by atoms with Crippen molar-refractivity contribution in [1.29, 1.82) is 0 Å². The first-order chi connectivity index (χ1) is 10.3. The average molecular weight is 509 g/mol. The van der Waals surface area contributed by atoms with Crippen LogP contribution in [0.5, 0.6) is 0 Å². The maximum Gasteiger partial charge on any atom is 0.192 e. The highest BCUT2D eigenvalue weighted by molar-refractivity contribution is 14.1. The van der Waals surface area contributed by atoms with E-state index in [-0.39, 0.29) is 10.6 Å². The Bertz CT molecular complexity index is 719. The minimum absolute atomic E-state index is 0.202. The molecule has 0 atom stereocenters. The highest BCUT2D eigenvalue weighted by atomic mass is 127. The Labute approximate surface area is 162 Å². The van der Waals surface area contributed by atoms with Gasteiger partial charge in [-0.1, -0.05) is 20.8 Å².